The molecular formula is C18H10Cl2N6O3. The van der Waals surface area contributed by atoms with Crippen LogP contribution in [0.25, 0.3) is 11.3 Å². The Morgan fingerprint density at radius 1 is 1.24 bits per heavy atom. The van der Waals surface area contributed by atoms with Crippen molar-refractivity contribution in [1.29, 1.82) is 5.26 Å². The summed E-state index contributed by atoms with van der Waals surface area (Å²) in [7, 11) is 0. The number of H-pyrrole nitrogens is 1. The van der Waals surface area contributed by atoms with Crippen molar-refractivity contribution in [2.24, 2.45) is 5.10 Å². The van der Waals surface area contributed by atoms with Crippen LogP contribution in [0.2, 0.25) is 10.0 Å². The van der Waals surface area contributed by atoms with Crippen LogP contribution in [-0.2, 0) is 0 Å². The highest BCUT2D eigenvalue weighted by Gasteiger charge is 2.18. The second kappa shape index (κ2) is 8.52. The molecule has 0 bridgehead atoms. The summed E-state index contributed by atoms with van der Waals surface area (Å²) in [6, 6.07) is 13.0. The molecule has 29 heavy (non-hydrogen) atoms. The Kier molecular flexibility index (Phi) is 5.87. The van der Waals surface area contributed by atoms with Gasteiger partial charge in [0.1, 0.15) is 11.6 Å². The highest BCUT2D eigenvalue weighted by molar-refractivity contribution is 6.43. The summed E-state index contributed by atoms with van der Waals surface area (Å²) in [6.07, 6.45) is 1.09. The van der Waals surface area contributed by atoms with Crippen LogP contribution in [0.4, 0.5) is 11.6 Å². The number of nitro groups is 1. The molecule has 144 valence electrons. The van der Waals surface area contributed by atoms with Crippen molar-refractivity contribution < 1.29 is 4.92 Å². The molecular weight excluding hydrogens is 419 g/mol. The summed E-state index contributed by atoms with van der Waals surface area (Å²) in [5.41, 5.74) is 2.08. The molecule has 0 saturated heterocycles. The van der Waals surface area contributed by atoms with Crippen molar-refractivity contribution in [1.82, 2.24) is 9.97 Å². The van der Waals surface area contributed by atoms with Crippen molar-refractivity contribution in [2.75, 3.05) is 5.43 Å². The number of hydrazone groups is 1. The maximum atomic E-state index is 12.2. The molecule has 0 radical (unpaired) electrons. The highest BCUT2D eigenvalue weighted by atomic mass is 35.5. The number of anilines is 1. The standard InChI is InChI=1S/C18H10Cl2N6O3/c19-13-6-7-14(26(28)29)12(15(13)20)9-22-25-18-23-16(10-4-2-1-3-5-10)11(8-21)17(27)24-18/h1-7,9H,(H2,23,24,25,27). The molecule has 0 unspecified atom stereocenters. The molecule has 0 spiro atoms. The molecule has 0 saturated carbocycles. The SMILES string of the molecule is N#Cc1c(-c2ccccc2)nc(NN=Cc2c([N+](=O)[O-])ccc(Cl)c2Cl)[nH]c1=O. The number of nitriles is 1. The molecule has 0 fully saturated rings. The maximum absolute atomic E-state index is 12.2. The number of aromatic amines is 1. The molecule has 3 aromatic rings. The number of nitro benzene ring substituents is 1. The fraction of sp³-hybridized carbons (Fsp3) is 0. The number of halogens is 2. The zero-order chi connectivity index (χ0) is 21.0. The lowest BCUT2D eigenvalue weighted by molar-refractivity contribution is -0.385. The highest BCUT2D eigenvalue weighted by Crippen LogP contribution is 2.31. The normalized spacial score (nSPS) is 10.7. The van der Waals surface area contributed by atoms with E-state index in [0.717, 1.165) is 6.21 Å². The topological polar surface area (TPSA) is 137 Å². The quantitative estimate of drug-likeness (QED) is 0.358. The van der Waals surface area contributed by atoms with E-state index in [1.807, 2.05) is 6.07 Å². The van der Waals surface area contributed by atoms with E-state index in [2.05, 4.69) is 20.5 Å². The summed E-state index contributed by atoms with van der Waals surface area (Å²) in [4.78, 5) is 29.3. The fourth-order valence-electron chi connectivity index (χ4n) is 2.43. The van der Waals surface area contributed by atoms with Gasteiger partial charge >= 0.3 is 0 Å². The Morgan fingerprint density at radius 3 is 2.62 bits per heavy atom. The Balaban J connectivity index is 1.98. The van der Waals surface area contributed by atoms with Crippen LogP contribution >= 0.6 is 23.2 Å². The lowest BCUT2D eigenvalue weighted by Crippen LogP contribution is -2.16. The van der Waals surface area contributed by atoms with E-state index in [0.29, 0.717) is 5.56 Å². The van der Waals surface area contributed by atoms with Crippen molar-refractivity contribution >= 4 is 41.1 Å². The van der Waals surface area contributed by atoms with E-state index in [4.69, 9.17) is 23.2 Å². The van der Waals surface area contributed by atoms with Gasteiger partial charge in [-0.2, -0.15) is 10.4 Å². The molecule has 2 N–H and O–H groups in total. The molecule has 3 rings (SSSR count). The third-order valence-corrected chi connectivity index (χ3v) is 4.57. The second-order valence-electron chi connectivity index (χ2n) is 5.54. The van der Waals surface area contributed by atoms with Gasteiger partial charge in [0.15, 0.2) is 0 Å². The van der Waals surface area contributed by atoms with Crippen LogP contribution in [-0.4, -0.2) is 21.1 Å². The number of nitrogens with one attached hydrogen (secondary N) is 2. The Hall–Kier alpha value is -3.74. The minimum absolute atomic E-state index is 0.0176. The molecule has 9 nitrogen and oxygen atoms in total. The van der Waals surface area contributed by atoms with Crippen LogP contribution in [0.15, 0.2) is 52.4 Å². The number of hydrogen-bond acceptors (Lipinski definition) is 7. The number of benzene rings is 2. The summed E-state index contributed by atoms with van der Waals surface area (Å²) in [6.45, 7) is 0. The number of rotatable bonds is 5. The van der Waals surface area contributed by atoms with Gasteiger partial charge in [-0.05, 0) is 6.07 Å². The number of hydrogen-bond donors (Lipinski definition) is 2. The molecule has 0 atom stereocenters. The summed E-state index contributed by atoms with van der Waals surface area (Å²) in [5.74, 6) is -0.0649. The van der Waals surface area contributed by atoms with Crippen molar-refractivity contribution in [3.8, 4) is 17.3 Å². The molecule has 11 heteroatoms. The van der Waals surface area contributed by atoms with E-state index in [-0.39, 0.29) is 38.5 Å². The summed E-state index contributed by atoms with van der Waals surface area (Å²) in [5, 5.41) is 24.4. The first-order valence-electron chi connectivity index (χ1n) is 7.93. The van der Waals surface area contributed by atoms with E-state index in [9.17, 15) is 20.2 Å². The fourth-order valence-corrected chi connectivity index (χ4v) is 2.80. The Labute approximate surface area is 173 Å². The van der Waals surface area contributed by atoms with Gasteiger partial charge in [-0.15, -0.1) is 0 Å². The minimum atomic E-state index is -0.661. The van der Waals surface area contributed by atoms with Gasteiger partial charge in [0.05, 0.1) is 32.4 Å². The molecule has 0 amide bonds. The predicted molar refractivity (Wildman–Crippen MR) is 109 cm³/mol. The van der Waals surface area contributed by atoms with Gasteiger partial charge in [-0.3, -0.25) is 19.9 Å². The Bertz CT molecular complexity index is 1220. The average molecular weight is 429 g/mol. The second-order valence-corrected chi connectivity index (χ2v) is 6.32. The zero-order valence-electron chi connectivity index (χ0n) is 14.4. The molecule has 0 aliphatic rings. The minimum Gasteiger partial charge on any atom is -0.290 e. The number of aromatic nitrogens is 2. The van der Waals surface area contributed by atoms with E-state index < -0.39 is 10.5 Å². The third-order valence-electron chi connectivity index (χ3n) is 3.75. The van der Waals surface area contributed by atoms with Crippen LogP contribution in [0, 0.1) is 21.4 Å². The smallest absolute Gasteiger partial charge is 0.279 e. The van der Waals surface area contributed by atoms with Gasteiger partial charge in [0, 0.05) is 11.6 Å². The van der Waals surface area contributed by atoms with E-state index in [1.165, 1.54) is 12.1 Å². The molecule has 1 heterocycles. The molecule has 1 aromatic heterocycles. The largest absolute Gasteiger partial charge is 0.290 e. The molecule has 0 aliphatic heterocycles. The Morgan fingerprint density at radius 2 is 1.97 bits per heavy atom. The van der Waals surface area contributed by atoms with Crippen LogP contribution < -0.4 is 11.0 Å². The van der Waals surface area contributed by atoms with Gasteiger partial charge in [0.25, 0.3) is 11.2 Å². The van der Waals surface area contributed by atoms with E-state index >= 15 is 0 Å². The van der Waals surface area contributed by atoms with Gasteiger partial charge in [-0.25, -0.2) is 10.4 Å². The van der Waals surface area contributed by atoms with Crippen LogP contribution in [0.3, 0.4) is 0 Å². The van der Waals surface area contributed by atoms with Crippen LogP contribution in [0.5, 0.6) is 0 Å². The lowest BCUT2D eigenvalue weighted by Gasteiger charge is -2.06. The molecule has 0 aliphatic carbocycles. The first-order valence-corrected chi connectivity index (χ1v) is 8.69. The molecule has 2 aromatic carbocycles. The van der Waals surface area contributed by atoms with Crippen LogP contribution in [0.1, 0.15) is 11.1 Å². The van der Waals surface area contributed by atoms with Gasteiger partial charge in [0.2, 0.25) is 5.95 Å². The lowest BCUT2D eigenvalue weighted by atomic mass is 10.1. The number of nitrogens with zero attached hydrogens (tertiary/aromatic N) is 4. The monoisotopic (exact) mass is 428 g/mol. The first kappa shape index (κ1) is 20.0. The van der Waals surface area contributed by atoms with Crippen molar-refractivity contribution in [3.05, 3.63) is 84.1 Å². The maximum Gasteiger partial charge on any atom is 0.279 e. The van der Waals surface area contributed by atoms with E-state index in [1.54, 1.807) is 30.3 Å². The van der Waals surface area contributed by atoms with Crippen molar-refractivity contribution in [2.45, 2.75) is 0 Å². The van der Waals surface area contributed by atoms with Gasteiger partial charge < -0.3 is 0 Å². The third kappa shape index (κ3) is 4.24. The summed E-state index contributed by atoms with van der Waals surface area (Å²) < 4.78 is 0. The predicted octanol–water partition coefficient (Wildman–Crippen LogP) is 3.97. The van der Waals surface area contributed by atoms with Gasteiger partial charge in [-0.1, -0.05) is 53.5 Å². The zero-order valence-corrected chi connectivity index (χ0v) is 15.9. The average Bonchev–Trinajstić information content (AvgIpc) is 2.71. The summed E-state index contributed by atoms with van der Waals surface area (Å²) >= 11 is 11.9. The first-order chi connectivity index (χ1) is 13.9. The van der Waals surface area contributed by atoms with Crippen molar-refractivity contribution in [3.63, 3.8) is 0 Å².